The van der Waals surface area contributed by atoms with Gasteiger partial charge in [-0.05, 0) is 62.9 Å². The van der Waals surface area contributed by atoms with E-state index in [-0.39, 0.29) is 18.2 Å². The number of nitrogens with one attached hydrogen (secondary N) is 1. The van der Waals surface area contributed by atoms with E-state index in [4.69, 9.17) is 0 Å². The zero-order valence-electron chi connectivity index (χ0n) is 11.5. The number of benzene rings is 1. The van der Waals surface area contributed by atoms with E-state index in [1.54, 1.807) is 12.1 Å². The summed E-state index contributed by atoms with van der Waals surface area (Å²) in [6.07, 6.45) is -5.09. The summed E-state index contributed by atoms with van der Waals surface area (Å²) in [5.41, 5.74) is 0.612. The number of piperazine rings is 1. The number of phenols is 1. The molecule has 0 saturated carbocycles. The quantitative estimate of drug-likeness (QED) is 0.549. The highest BCUT2D eigenvalue weighted by Gasteiger charge is 2.36. The van der Waals surface area contributed by atoms with Crippen LogP contribution in [0.5, 0.6) is 5.75 Å². The molecule has 2 N–H and O–H groups in total. The molecule has 1 aliphatic heterocycles. The maximum atomic E-state index is 12.9. The van der Waals surface area contributed by atoms with E-state index >= 15 is 0 Å². The lowest BCUT2D eigenvalue weighted by Crippen LogP contribution is -2.46. The first kappa shape index (κ1) is 20.5. The summed E-state index contributed by atoms with van der Waals surface area (Å²) in [6, 6.07) is 2.60. The fraction of sp³-hybridized carbons (Fsp3) is 0.538. The smallest absolute Gasteiger partial charge is 0.390 e. The lowest BCUT2D eigenvalue weighted by molar-refractivity contribution is -0.148. The minimum absolute atomic E-state index is 0. The summed E-state index contributed by atoms with van der Waals surface area (Å²) in [5.74, 6) is 0.131. The number of hydrogen-bond acceptors (Lipinski definition) is 3. The van der Waals surface area contributed by atoms with Crippen LogP contribution in [-0.4, -0.2) is 42.4 Å². The molecule has 1 heterocycles. The zero-order valence-corrected chi connectivity index (χ0v) is 16.6. The summed E-state index contributed by atoms with van der Waals surface area (Å²) in [6.45, 7) is 2.57. The van der Waals surface area contributed by atoms with E-state index in [0.717, 1.165) is 0 Å². The van der Waals surface area contributed by atoms with Crippen molar-refractivity contribution < 1.29 is 18.3 Å². The number of phenolic OH excluding ortho intramolecular Hbond substituents is 1. The zero-order chi connectivity index (χ0) is 15.6. The van der Waals surface area contributed by atoms with Gasteiger partial charge in [0.2, 0.25) is 0 Å². The van der Waals surface area contributed by atoms with Gasteiger partial charge in [0.25, 0.3) is 0 Å². The maximum absolute atomic E-state index is 12.9. The minimum Gasteiger partial charge on any atom is -0.506 e. The molecule has 0 bridgehead atoms. The molecule has 0 aromatic heterocycles. The fourth-order valence-corrected chi connectivity index (χ4v) is 4.26. The van der Waals surface area contributed by atoms with E-state index in [9.17, 15) is 18.3 Å². The van der Waals surface area contributed by atoms with Crippen molar-refractivity contribution in [2.24, 2.45) is 0 Å². The molecule has 2 rings (SSSR count). The molecule has 0 amide bonds. The van der Waals surface area contributed by atoms with Crippen LogP contribution in [0.2, 0.25) is 0 Å². The topological polar surface area (TPSA) is 35.5 Å². The number of nitrogens with zero attached hydrogens (tertiary/aromatic N) is 1. The number of alkyl halides is 3. The molecule has 0 radical (unpaired) electrons. The van der Waals surface area contributed by atoms with Gasteiger partial charge >= 0.3 is 6.18 Å². The molecule has 126 valence electrons. The molecule has 1 aliphatic rings. The molecule has 1 saturated heterocycles. The van der Waals surface area contributed by atoms with Crippen LogP contribution in [0, 0.1) is 7.14 Å². The average Bonchev–Trinajstić information content (AvgIpc) is 2.41. The van der Waals surface area contributed by atoms with Gasteiger partial charge in [0.15, 0.2) is 0 Å². The lowest BCUT2D eigenvalue weighted by atomic mass is 10.0. The first-order valence-electron chi connectivity index (χ1n) is 6.47. The van der Waals surface area contributed by atoms with Crippen LogP contribution in [-0.2, 0) is 0 Å². The van der Waals surface area contributed by atoms with E-state index < -0.39 is 18.6 Å². The van der Waals surface area contributed by atoms with Crippen molar-refractivity contribution in [3.05, 3.63) is 24.8 Å². The predicted molar refractivity (Wildman–Crippen MR) is 98.6 cm³/mol. The van der Waals surface area contributed by atoms with Crippen LogP contribution >= 0.6 is 57.6 Å². The normalized spacial score (nSPS) is 17.9. The molecular formula is C13H16ClF3I2N2O. The Morgan fingerprint density at radius 1 is 1.18 bits per heavy atom. The highest BCUT2D eigenvalue weighted by Crippen LogP contribution is 2.37. The van der Waals surface area contributed by atoms with E-state index in [1.807, 2.05) is 50.1 Å². The Morgan fingerprint density at radius 3 is 2.14 bits per heavy atom. The largest absolute Gasteiger partial charge is 0.506 e. The molecule has 1 aromatic carbocycles. The van der Waals surface area contributed by atoms with Gasteiger partial charge in [-0.25, -0.2) is 0 Å². The molecule has 1 aromatic rings. The first-order chi connectivity index (χ1) is 9.78. The molecule has 3 nitrogen and oxygen atoms in total. The monoisotopic (exact) mass is 562 g/mol. The van der Waals surface area contributed by atoms with Crippen molar-refractivity contribution in [1.29, 1.82) is 0 Å². The molecule has 1 atom stereocenters. The second-order valence-electron chi connectivity index (χ2n) is 4.95. The van der Waals surface area contributed by atoms with Gasteiger partial charge < -0.3 is 10.4 Å². The van der Waals surface area contributed by atoms with Crippen molar-refractivity contribution in [3.8, 4) is 5.75 Å². The van der Waals surface area contributed by atoms with Gasteiger partial charge in [-0.2, -0.15) is 13.2 Å². The Morgan fingerprint density at radius 2 is 1.68 bits per heavy atom. The van der Waals surface area contributed by atoms with Gasteiger partial charge in [0.1, 0.15) is 5.75 Å². The SMILES string of the molecule is Cl.Oc1c(I)cc([C@@H](CC(F)(F)F)N2CCNCC2)cc1I. The Hall–Kier alpha value is 0.480. The fourth-order valence-electron chi connectivity index (χ4n) is 2.45. The van der Waals surface area contributed by atoms with Gasteiger partial charge in [-0.1, -0.05) is 0 Å². The average molecular weight is 563 g/mol. The number of aromatic hydroxyl groups is 1. The Balaban J connectivity index is 0.00000242. The van der Waals surface area contributed by atoms with Crippen LogP contribution in [0.1, 0.15) is 18.0 Å². The second-order valence-corrected chi connectivity index (χ2v) is 7.28. The molecule has 1 fully saturated rings. The summed E-state index contributed by atoms with van der Waals surface area (Å²) >= 11 is 3.90. The molecule has 0 aliphatic carbocycles. The van der Waals surface area contributed by atoms with Gasteiger partial charge in [0.05, 0.1) is 13.6 Å². The standard InChI is InChI=1S/C13H15F3I2N2O.ClH/c14-13(15,16)7-11(20-3-1-19-2-4-20)8-5-9(17)12(21)10(18)6-8;/h5-6,11,19,21H,1-4,7H2;1H/t11-;/m1./s1. The van der Waals surface area contributed by atoms with Crippen molar-refractivity contribution in [1.82, 2.24) is 10.2 Å². The van der Waals surface area contributed by atoms with Gasteiger partial charge in [-0.15, -0.1) is 12.4 Å². The van der Waals surface area contributed by atoms with Crippen LogP contribution in [0.4, 0.5) is 13.2 Å². The third-order valence-corrected chi connectivity index (χ3v) is 5.09. The van der Waals surface area contributed by atoms with Crippen LogP contribution in [0.3, 0.4) is 0 Å². The second kappa shape index (κ2) is 8.54. The third kappa shape index (κ3) is 5.53. The summed E-state index contributed by atoms with van der Waals surface area (Å²) in [4.78, 5) is 1.86. The third-order valence-electron chi connectivity index (χ3n) is 3.44. The number of halogens is 6. The van der Waals surface area contributed by atoms with E-state index in [1.165, 1.54) is 0 Å². The van der Waals surface area contributed by atoms with Crippen molar-refractivity contribution >= 4 is 57.6 Å². The molecule has 0 spiro atoms. The van der Waals surface area contributed by atoms with E-state index in [0.29, 0.717) is 38.9 Å². The highest BCUT2D eigenvalue weighted by atomic mass is 127. The summed E-state index contributed by atoms with van der Waals surface area (Å²) in [7, 11) is 0. The Kier molecular flexibility index (Phi) is 7.97. The molecular weight excluding hydrogens is 546 g/mol. The van der Waals surface area contributed by atoms with E-state index in [2.05, 4.69) is 5.32 Å². The molecule has 22 heavy (non-hydrogen) atoms. The number of rotatable bonds is 3. The van der Waals surface area contributed by atoms with Crippen molar-refractivity contribution in [2.45, 2.75) is 18.6 Å². The Labute approximate surface area is 160 Å². The lowest BCUT2D eigenvalue weighted by Gasteiger charge is -2.36. The van der Waals surface area contributed by atoms with Crippen molar-refractivity contribution in [3.63, 3.8) is 0 Å². The molecule has 9 heteroatoms. The Bertz CT molecular complexity index is 488. The van der Waals surface area contributed by atoms with Gasteiger partial charge in [-0.3, -0.25) is 4.90 Å². The van der Waals surface area contributed by atoms with Crippen LogP contribution < -0.4 is 5.32 Å². The van der Waals surface area contributed by atoms with Gasteiger partial charge in [0, 0.05) is 32.2 Å². The summed E-state index contributed by atoms with van der Waals surface area (Å²) in [5, 5.41) is 12.9. The first-order valence-corrected chi connectivity index (χ1v) is 8.63. The van der Waals surface area contributed by atoms with Crippen LogP contribution in [0.25, 0.3) is 0 Å². The van der Waals surface area contributed by atoms with Crippen molar-refractivity contribution in [2.75, 3.05) is 26.2 Å². The maximum Gasteiger partial charge on any atom is 0.390 e. The highest BCUT2D eigenvalue weighted by molar-refractivity contribution is 14.1. The summed E-state index contributed by atoms with van der Waals surface area (Å²) < 4.78 is 40.0. The van der Waals surface area contributed by atoms with Crippen LogP contribution in [0.15, 0.2) is 12.1 Å². The minimum atomic E-state index is -4.22. The number of hydrogen-bond donors (Lipinski definition) is 2. The molecule has 0 unspecified atom stereocenters. The predicted octanol–water partition coefficient (Wildman–Crippen LogP) is 3.92.